The molecule has 16 heavy (non-hydrogen) atoms. The second-order valence-corrected chi connectivity index (χ2v) is 3.40. The maximum Gasteiger partial charge on any atom is 0.204 e. The van der Waals surface area contributed by atoms with Crippen LogP contribution in [0, 0.1) is 0 Å². The Morgan fingerprint density at radius 3 is 2.88 bits per heavy atom. The SMILES string of the molecule is CC(C)Nc1cnc2[nH]ccc2n1.NC=O. The summed E-state index contributed by atoms with van der Waals surface area (Å²) in [5.74, 6) is 0.821. The van der Waals surface area contributed by atoms with Crippen molar-refractivity contribution in [1.82, 2.24) is 15.0 Å². The van der Waals surface area contributed by atoms with E-state index in [2.05, 4.69) is 39.8 Å². The van der Waals surface area contributed by atoms with E-state index in [0.717, 1.165) is 17.0 Å². The quantitative estimate of drug-likeness (QED) is 0.656. The fourth-order valence-electron chi connectivity index (χ4n) is 1.20. The number of carbonyl (C=O) groups is 1. The Kier molecular flexibility index (Phi) is 4.26. The first kappa shape index (κ1) is 12.0. The summed E-state index contributed by atoms with van der Waals surface area (Å²) >= 11 is 0. The number of nitrogens with one attached hydrogen (secondary N) is 2. The van der Waals surface area contributed by atoms with Gasteiger partial charge in [-0.15, -0.1) is 0 Å². The van der Waals surface area contributed by atoms with Crippen molar-refractivity contribution >= 4 is 23.4 Å². The van der Waals surface area contributed by atoms with E-state index in [9.17, 15) is 0 Å². The predicted octanol–water partition coefficient (Wildman–Crippen LogP) is 0.880. The zero-order chi connectivity index (χ0) is 12.0. The number of hydrogen-bond donors (Lipinski definition) is 3. The second kappa shape index (κ2) is 5.69. The minimum absolute atomic E-state index is 0.250. The number of nitrogens with zero attached hydrogens (tertiary/aromatic N) is 2. The minimum atomic E-state index is 0.250. The molecule has 0 bridgehead atoms. The number of fused-ring (bicyclic) bond motifs is 1. The number of aromatic nitrogens is 3. The largest absolute Gasteiger partial charge is 0.372 e. The van der Waals surface area contributed by atoms with E-state index in [4.69, 9.17) is 4.79 Å². The fourth-order valence-corrected chi connectivity index (χ4v) is 1.20. The van der Waals surface area contributed by atoms with E-state index >= 15 is 0 Å². The topological polar surface area (TPSA) is 96.7 Å². The number of primary amides is 1. The molecule has 0 saturated carbocycles. The van der Waals surface area contributed by atoms with Crippen LogP contribution in [0.2, 0.25) is 0 Å². The molecule has 0 spiro atoms. The third kappa shape index (κ3) is 3.23. The highest BCUT2D eigenvalue weighted by molar-refractivity contribution is 5.71. The molecule has 0 aliphatic carbocycles. The van der Waals surface area contributed by atoms with Gasteiger partial charge in [-0.25, -0.2) is 9.97 Å². The molecule has 6 nitrogen and oxygen atoms in total. The first-order valence-electron chi connectivity index (χ1n) is 4.89. The number of amides is 1. The van der Waals surface area contributed by atoms with Crippen LogP contribution >= 0.6 is 0 Å². The van der Waals surface area contributed by atoms with E-state index in [0.29, 0.717) is 6.04 Å². The highest BCUT2D eigenvalue weighted by atomic mass is 16.1. The van der Waals surface area contributed by atoms with E-state index in [-0.39, 0.29) is 6.41 Å². The van der Waals surface area contributed by atoms with Crippen molar-refractivity contribution in [2.24, 2.45) is 5.73 Å². The van der Waals surface area contributed by atoms with Crippen LogP contribution in [-0.4, -0.2) is 27.4 Å². The van der Waals surface area contributed by atoms with Gasteiger partial charge in [-0.3, -0.25) is 4.79 Å². The molecular weight excluding hydrogens is 206 g/mol. The fraction of sp³-hybridized carbons (Fsp3) is 0.300. The normalized spacial score (nSPS) is 9.69. The first-order chi connectivity index (χ1) is 7.67. The molecule has 2 aromatic heterocycles. The van der Waals surface area contributed by atoms with Crippen molar-refractivity contribution in [1.29, 1.82) is 0 Å². The van der Waals surface area contributed by atoms with Gasteiger partial charge in [0.2, 0.25) is 6.41 Å². The Bertz CT molecular complexity index is 451. The lowest BCUT2D eigenvalue weighted by molar-refractivity contribution is -0.106. The lowest BCUT2D eigenvalue weighted by Gasteiger charge is -2.07. The van der Waals surface area contributed by atoms with Crippen LogP contribution in [0.5, 0.6) is 0 Å². The molecule has 0 atom stereocenters. The summed E-state index contributed by atoms with van der Waals surface area (Å²) in [6.45, 7) is 4.14. The summed E-state index contributed by atoms with van der Waals surface area (Å²) in [6, 6.07) is 2.29. The summed E-state index contributed by atoms with van der Waals surface area (Å²) in [4.78, 5) is 20.2. The number of anilines is 1. The first-order valence-corrected chi connectivity index (χ1v) is 4.89. The third-order valence-corrected chi connectivity index (χ3v) is 1.70. The van der Waals surface area contributed by atoms with E-state index in [1.807, 2.05) is 12.3 Å². The third-order valence-electron chi connectivity index (χ3n) is 1.70. The maximum absolute atomic E-state index is 8.58. The number of hydrogen-bond acceptors (Lipinski definition) is 4. The van der Waals surface area contributed by atoms with Gasteiger partial charge < -0.3 is 16.0 Å². The zero-order valence-corrected chi connectivity index (χ0v) is 9.27. The van der Waals surface area contributed by atoms with Gasteiger partial charge in [0.15, 0.2) is 5.65 Å². The Morgan fingerprint density at radius 1 is 1.56 bits per heavy atom. The molecule has 86 valence electrons. The maximum atomic E-state index is 8.58. The van der Waals surface area contributed by atoms with Crippen molar-refractivity contribution in [3.63, 3.8) is 0 Å². The Balaban J connectivity index is 0.000000386. The van der Waals surface area contributed by atoms with Crippen molar-refractivity contribution in [3.05, 3.63) is 18.5 Å². The van der Waals surface area contributed by atoms with Gasteiger partial charge in [-0.1, -0.05) is 0 Å². The summed E-state index contributed by atoms with van der Waals surface area (Å²) in [6.07, 6.45) is 3.82. The Labute approximate surface area is 93.3 Å². The molecular formula is C10H15N5O. The van der Waals surface area contributed by atoms with Gasteiger partial charge >= 0.3 is 0 Å². The number of H-pyrrole nitrogens is 1. The number of nitrogens with two attached hydrogens (primary N) is 1. The van der Waals surface area contributed by atoms with Gasteiger partial charge in [0.25, 0.3) is 0 Å². The van der Waals surface area contributed by atoms with Crippen molar-refractivity contribution in [2.45, 2.75) is 19.9 Å². The van der Waals surface area contributed by atoms with Crippen LogP contribution < -0.4 is 11.1 Å². The molecule has 0 aliphatic rings. The molecule has 1 amide bonds. The van der Waals surface area contributed by atoms with Gasteiger partial charge in [0, 0.05) is 12.2 Å². The molecule has 2 aromatic rings. The van der Waals surface area contributed by atoms with Crippen molar-refractivity contribution in [2.75, 3.05) is 5.32 Å². The van der Waals surface area contributed by atoms with Crippen LogP contribution in [0.25, 0.3) is 11.2 Å². The van der Waals surface area contributed by atoms with Crippen molar-refractivity contribution in [3.8, 4) is 0 Å². The van der Waals surface area contributed by atoms with Gasteiger partial charge in [0.1, 0.15) is 11.3 Å². The van der Waals surface area contributed by atoms with Crippen LogP contribution in [0.1, 0.15) is 13.8 Å². The smallest absolute Gasteiger partial charge is 0.204 e. The number of rotatable bonds is 2. The Hall–Kier alpha value is -2.11. The van der Waals surface area contributed by atoms with E-state index in [1.54, 1.807) is 6.20 Å². The lowest BCUT2D eigenvalue weighted by atomic mass is 10.4. The molecule has 0 unspecified atom stereocenters. The van der Waals surface area contributed by atoms with Gasteiger partial charge in [0.05, 0.1) is 6.20 Å². The molecule has 0 fully saturated rings. The van der Waals surface area contributed by atoms with Crippen LogP contribution in [-0.2, 0) is 4.79 Å². The molecule has 0 radical (unpaired) electrons. The standard InChI is InChI=1S/C9H12N4.CH3NO/c1-6(2)12-8-5-11-9-7(13-8)3-4-10-9;2-1-3/h3-6H,1-2H3,(H,10,11)(H,12,13);1H,(H2,2,3). The van der Waals surface area contributed by atoms with Crippen LogP contribution in [0.4, 0.5) is 5.82 Å². The molecule has 0 aromatic carbocycles. The van der Waals surface area contributed by atoms with E-state index in [1.165, 1.54) is 0 Å². The number of aromatic amines is 1. The Morgan fingerprint density at radius 2 is 2.25 bits per heavy atom. The lowest BCUT2D eigenvalue weighted by Crippen LogP contribution is -2.11. The highest BCUT2D eigenvalue weighted by Crippen LogP contribution is 2.10. The minimum Gasteiger partial charge on any atom is -0.372 e. The molecule has 2 heterocycles. The van der Waals surface area contributed by atoms with Gasteiger partial charge in [-0.2, -0.15) is 0 Å². The van der Waals surface area contributed by atoms with Crippen LogP contribution in [0.3, 0.4) is 0 Å². The molecule has 0 aliphatic heterocycles. The molecule has 2 rings (SSSR count). The summed E-state index contributed by atoms with van der Waals surface area (Å²) in [5.41, 5.74) is 5.89. The van der Waals surface area contributed by atoms with Crippen LogP contribution in [0.15, 0.2) is 18.5 Å². The summed E-state index contributed by atoms with van der Waals surface area (Å²) in [5, 5.41) is 3.20. The average molecular weight is 221 g/mol. The monoisotopic (exact) mass is 221 g/mol. The molecule has 4 N–H and O–H groups in total. The van der Waals surface area contributed by atoms with Gasteiger partial charge in [-0.05, 0) is 19.9 Å². The summed E-state index contributed by atoms with van der Waals surface area (Å²) in [7, 11) is 0. The van der Waals surface area contributed by atoms with E-state index < -0.39 is 0 Å². The second-order valence-electron chi connectivity index (χ2n) is 3.40. The summed E-state index contributed by atoms with van der Waals surface area (Å²) < 4.78 is 0. The highest BCUT2D eigenvalue weighted by Gasteiger charge is 2.00. The number of carbonyl (C=O) groups excluding carboxylic acids is 1. The molecule has 6 heteroatoms. The average Bonchev–Trinajstić information content (AvgIpc) is 2.64. The van der Waals surface area contributed by atoms with Crippen molar-refractivity contribution < 1.29 is 4.79 Å². The molecule has 0 saturated heterocycles. The zero-order valence-electron chi connectivity index (χ0n) is 9.27. The predicted molar refractivity (Wildman–Crippen MR) is 62.9 cm³/mol.